The third kappa shape index (κ3) is 4.80. The first-order chi connectivity index (χ1) is 12.7. The summed E-state index contributed by atoms with van der Waals surface area (Å²) in [4.78, 5) is 12.7. The zero-order valence-electron chi connectivity index (χ0n) is 16.3. The highest BCUT2D eigenvalue weighted by atomic mass is 32.2. The van der Waals surface area contributed by atoms with Crippen LogP contribution in [0.5, 0.6) is 5.75 Å². The van der Waals surface area contributed by atoms with Crippen LogP contribution in [0.4, 0.5) is 5.69 Å². The van der Waals surface area contributed by atoms with Gasteiger partial charge in [0.25, 0.3) is 15.9 Å². The van der Waals surface area contributed by atoms with Gasteiger partial charge in [-0.3, -0.25) is 9.52 Å². The molecular weight excluding hydrogens is 364 g/mol. The molecule has 0 bridgehead atoms. The quantitative estimate of drug-likeness (QED) is 0.756. The lowest BCUT2D eigenvalue weighted by Crippen LogP contribution is -2.32. The van der Waals surface area contributed by atoms with E-state index in [-0.39, 0.29) is 28.1 Å². The molecule has 1 atom stereocenters. The van der Waals surface area contributed by atoms with E-state index in [4.69, 9.17) is 4.74 Å². The number of benzene rings is 2. The number of carbonyl (C=O) groups excluding carboxylic acids is 1. The topological polar surface area (TPSA) is 84.5 Å². The fraction of sp³-hybridized carbons (Fsp3) is 0.350. The van der Waals surface area contributed by atoms with E-state index in [0.29, 0.717) is 16.9 Å². The summed E-state index contributed by atoms with van der Waals surface area (Å²) in [5, 5.41) is 2.86. The Morgan fingerprint density at radius 3 is 2.30 bits per heavy atom. The lowest BCUT2D eigenvalue weighted by atomic mass is 10.1. The van der Waals surface area contributed by atoms with Crippen LogP contribution in [0.15, 0.2) is 41.3 Å². The van der Waals surface area contributed by atoms with Crippen LogP contribution >= 0.6 is 0 Å². The van der Waals surface area contributed by atoms with Crippen LogP contribution in [-0.4, -0.2) is 27.5 Å². The molecule has 2 N–H and O–H groups in total. The van der Waals surface area contributed by atoms with Gasteiger partial charge >= 0.3 is 0 Å². The van der Waals surface area contributed by atoms with E-state index in [1.165, 1.54) is 7.11 Å². The number of hydrogen-bond acceptors (Lipinski definition) is 4. The van der Waals surface area contributed by atoms with Gasteiger partial charge in [0.2, 0.25) is 0 Å². The molecule has 0 fully saturated rings. The van der Waals surface area contributed by atoms with Gasteiger partial charge in [0, 0.05) is 6.04 Å². The fourth-order valence-corrected chi connectivity index (χ4v) is 4.36. The highest BCUT2D eigenvalue weighted by Gasteiger charge is 2.23. The second-order valence-electron chi connectivity index (χ2n) is 6.52. The number of carbonyl (C=O) groups is 1. The maximum Gasteiger partial charge on any atom is 0.262 e. The van der Waals surface area contributed by atoms with Gasteiger partial charge in [0.1, 0.15) is 5.75 Å². The summed E-state index contributed by atoms with van der Waals surface area (Å²) in [5.41, 5.74) is 1.67. The Morgan fingerprint density at radius 1 is 1.15 bits per heavy atom. The molecule has 0 aromatic heterocycles. The van der Waals surface area contributed by atoms with Crippen molar-refractivity contribution in [3.63, 3.8) is 0 Å². The van der Waals surface area contributed by atoms with E-state index in [1.54, 1.807) is 50.2 Å². The van der Waals surface area contributed by atoms with Gasteiger partial charge in [-0.15, -0.1) is 0 Å². The molecule has 0 unspecified atom stereocenters. The molecule has 2 aromatic carbocycles. The summed E-state index contributed by atoms with van der Waals surface area (Å²) in [6.07, 6.45) is 0.782. The number of sulfonamides is 1. The van der Waals surface area contributed by atoms with Crippen LogP contribution in [-0.2, 0) is 10.0 Å². The van der Waals surface area contributed by atoms with Gasteiger partial charge in [-0.2, -0.15) is 0 Å². The minimum absolute atomic E-state index is 0.00626. The van der Waals surface area contributed by atoms with E-state index in [2.05, 4.69) is 10.0 Å². The van der Waals surface area contributed by atoms with E-state index in [0.717, 1.165) is 6.42 Å². The first-order valence-electron chi connectivity index (χ1n) is 8.77. The summed E-state index contributed by atoms with van der Waals surface area (Å²) in [5.74, 6) is 0.281. The molecule has 0 aliphatic heterocycles. The molecule has 6 nitrogen and oxygen atoms in total. The summed E-state index contributed by atoms with van der Waals surface area (Å²) >= 11 is 0. The van der Waals surface area contributed by atoms with Gasteiger partial charge in [-0.25, -0.2) is 8.42 Å². The predicted octanol–water partition coefficient (Wildman–Crippen LogP) is 3.64. The van der Waals surface area contributed by atoms with Crippen molar-refractivity contribution in [3.8, 4) is 5.75 Å². The normalized spacial score (nSPS) is 12.3. The Balaban J connectivity index is 2.41. The number of anilines is 1. The van der Waals surface area contributed by atoms with Crippen molar-refractivity contribution in [3.05, 3.63) is 53.1 Å². The Hall–Kier alpha value is -2.54. The SMILES string of the molecule is CC[C@@H](C)NC(=O)c1ccccc1NS(=O)(=O)c1c(C)cc(OC)cc1C. The Kier molecular flexibility index (Phi) is 6.49. The Morgan fingerprint density at radius 2 is 1.74 bits per heavy atom. The zero-order valence-corrected chi connectivity index (χ0v) is 17.1. The van der Waals surface area contributed by atoms with Crippen molar-refractivity contribution in [1.29, 1.82) is 0 Å². The number of methoxy groups -OCH3 is 1. The molecule has 146 valence electrons. The van der Waals surface area contributed by atoms with Crippen LogP contribution in [0.2, 0.25) is 0 Å². The number of hydrogen-bond donors (Lipinski definition) is 2. The number of para-hydroxylation sites is 1. The molecule has 0 spiro atoms. The van der Waals surface area contributed by atoms with Gasteiger partial charge < -0.3 is 10.1 Å². The summed E-state index contributed by atoms with van der Waals surface area (Å²) in [6.45, 7) is 7.29. The standard InChI is InChI=1S/C20H26N2O4S/c1-6-15(4)21-20(23)17-9-7-8-10-18(17)22-27(24,25)19-13(2)11-16(26-5)12-14(19)3/h7-12,15,22H,6H2,1-5H3,(H,21,23)/t15-/m1/s1. The van der Waals surface area contributed by atoms with Crippen molar-refractivity contribution < 1.29 is 17.9 Å². The molecule has 0 aliphatic carbocycles. The summed E-state index contributed by atoms with van der Waals surface area (Å²) in [7, 11) is -2.34. The minimum Gasteiger partial charge on any atom is -0.497 e. The molecule has 27 heavy (non-hydrogen) atoms. The van der Waals surface area contributed by atoms with Crippen molar-refractivity contribution in [2.75, 3.05) is 11.8 Å². The largest absolute Gasteiger partial charge is 0.497 e. The van der Waals surface area contributed by atoms with Crippen molar-refractivity contribution in [1.82, 2.24) is 5.32 Å². The predicted molar refractivity (Wildman–Crippen MR) is 107 cm³/mol. The molecule has 0 heterocycles. The monoisotopic (exact) mass is 390 g/mol. The van der Waals surface area contributed by atoms with Crippen molar-refractivity contribution in [2.24, 2.45) is 0 Å². The van der Waals surface area contributed by atoms with E-state index in [1.807, 2.05) is 13.8 Å². The highest BCUT2D eigenvalue weighted by molar-refractivity contribution is 7.92. The van der Waals surface area contributed by atoms with Crippen molar-refractivity contribution in [2.45, 2.75) is 45.1 Å². The van der Waals surface area contributed by atoms with Crippen LogP contribution in [0, 0.1) is 13.8 Å². The first kappa shape index (κ1) is 20.8. The molecule has 2 rings (SSSR count). The fourth-order valence-electron chi connectivity index (χ4n) is 2.82. The highest BCUT2D eigenvalue weighted by Crippen LogP contribution is 2.28. The summed E-state index contributed by atoms with van der Waals surface area (Å²) in [6, 6.07) is 9.90. The number of amides is 1. The van der Waals surface area contributed by atoms with Gasteiger partial charge in [0.15, 0.2) is 0 Å². The molecule has 0 radical (unpaired) electrons. The molecule has 1 amide bonds. The molecule has 0 saturated carbocycles. The minimum atomic E-state index is -3.88. The van der Waals surface area contributed by atoms with E-state index in [9.17, 15) is 13.2 Å². The molecule has 0 aliphatic rings. The summed E-state index contributed by atoms with van der Waals surface area (Å²) < 4.78 is 33.8. The number of ether oxygens (including phenoxy) is 1. The van der Waals surface area contributed by atoms with E-state index < -0.39 is 10.0 Å². The first-order valence-corrected chi connectivity index (χ1v) is 10.3. The van der Waals surface area contributed by atoms with Gasteiger partial charge in [0.05, 0.1) is 23.3 Å². The maximum absolute atomic E-state index is 13.0. The molecular formula is C20H26N2O4S. The Labute approximate surface area is 161 Å². The van der Waals surface area contributed by atoms with Crippen LogP contribution < -0.4 is 14.8 Å². The maximum atomic E-state index is 13.0. The lowest BCUT2D eigenvalue weighted by Gasteiger charge is -2.17. The zero-order chi connectivity index (χ0) is 20.2. The third-order valence-electron chi connectivity index (χ3n) is 4.34. The lowest BCUT2D eigenvalue weighted by molar-refractivity contribution is 0.0940. The molecule has 7 heteroatoms. The number of nitrogens with one attached hydrogen (secondary N) is 2. The Bertz CT molecular complexity index is 916. The van der Waals surface area contributed by atoms with Crippen LogP contribution in [0.1, 0.15) is 41.8 Å². The van der Waals surface area contributed by atoms with Crippen LogP contribution in [0.25, 0.3) is 0 Å². The smallest absolute Gasteiger partial charge is 0.262 e. The van der Waals surface area contributed by atoms with Gasteiger partial charge in [-0.1, -0.05) is 19.1 Å². The van der Waals surface area contributed by atoms with E-state index >= 15 is 0 Å². The average molecular weight is 391 g/mol. The number of rotatable bonds is 7. The van der Waals surface area contributed by atoms with Crippen molar-refractivity contribution >= 4 is 21.6 Å². The molecule has 0 saturated heterocycles. The third-order valence-corrected chi connectivity index (χ3v) is 6.01. The molecule has 2 aromatic rings. The number of aryl methyl sites for hydroxylation is 2. The van der Waals surface area contributed by atoms with Gasteiger partial charge in [-0.05, 0) is 62.6 Å². The average Bonchev–Trinajstić information content (AvgIpc) is 2.60. The second kappa shape index (κ2) is 8.43. The van der Waals surface area contributed by atoms with Crippen LogP contribution in [0.3, 0.4) is 0 Å². The second-order valence-corrected chi connectivity index (χ2v) is 8.14.